The van der Waals surface area contributed by atoms with Gasteiger partial charge in [0.15, 0.2) is 0 Å². The van der Waals surface area contributed by atoms with Crippen molar-refractivity contribution in [1.29, 1.82) is 0 Å². The molecule has 1 fully saturated rings. The molecule has 0 radical (unpaired) electrons. The van der Waals surface area contributed by atoms with Gasteiger partial charge in [-0.2, -0.15) is 0 Å². The van der Waals surface area contributed by atoms with Gasteiger partial charge in [0.25, 0.3) is 0 Å². The summed E-state index contributed by atoms with van der Waals surface area (Å²) in [4.78, 5) is 14.4. The zero-order chi connectivity index (χ0) is 74.5. The lowest BCUT2D eigenvalue weighted by Crippen LogP contribution is -2.51. The highest BCUT2D eigenvalue weighted by Crippen LogP contribution is 2.70. The average molecular weight is 1610 g/mol. The second-order valence-corrected chi connectivity index (χ2v) is 42.7. The van der Waals surface area contributed by atoms with E-state index in [0.29, 0.717) is 0 Å². The van der Waals surface area contributed by atoms with E-state index in [4.69, 9.17) is 0 Å². The van der Waals surface area contributed by atoms with E-state index in [9.17, 15) is 0 Å². The summed E-state index contributed by atoms with van der Waals surface area (Å²) in [6.07, 6.45) is 92.0. The van der Waals surface area contributed by atoms with E-state index in [1.807, 2.05) is 11.3 Å². The van der Waals surface area contributed by atoms with E-state index in [1.165, 1.54) is 399 Å². The SMILES string of the molecule is CCCCCCCCCCCCCCCCc1ccc(C2(c3ccc(CCCCCCCCCCCCCCCC)s3)C3=Cc4c5c(sc4=C3C(c3ccc(CCCCCCCCCCCCCCCC)s3)(c3ccc(CCCCCCCCCCCCCCCC)s3)C3C=c4c(sc6ccsc46)=C32)=CCS5)s1. The molecule has 1 unspecified atom stereocenters. The Morgan fingerprint density at radius 3 is 1.01 bits per heavy atom. The van der Waals surface area contributed by atoms with Crippen LogP contribution < -0.4 is 18.8 Å². The maximum atomic E-state index is 2.94. The van der Waals surface area contributed by atoms with Crippen LogP contribution in [0.5, 0.6) is 0 Å². The van der Waals surface area contributed by atoms with Gasteiger partial charge in [-0.05, 0) is 134 Å². The second kappa shape index (κ2) is 48.9. The van der Waals surface area contributed by atoms with Crippen molar-refractivity contribution in [2.75, 3.05) is 5.75 Å². The highest BCUT2D eigenvalue weighted by atomic mass is 32.2. The van der Waals surface area contributed by atoms with Crippen LogP contribution in [0, 0.1) is 5.92 Å². The minimum Gasteiger partial charge on any atom is -0.144 e. The summed E-state index contributed by atoms with van der Waals surface area (Å²) in [7, 11) is 0. The van der Waals surface area contributed by atoms with Crippen LogP contribution >= 0.6 is 91.1 Å². The number of allylic oxidation sites excluding steroid dienone is 1. The summed E-state index contributed by atoms with van der Waals surface area (Å²) in [5, 5.41) is 3.95. The minimum absolute atomic E-state index is 0.157. The Hall–Kier alpha value is -2.27. The fraction of sp³-hybridized carbons (Fsp3) is 0.680. The summed E-state index contributed by atoms with van der Waals surface area (Å²) >= 11 is 17.4. The van der Waals surface area contributed by atoms with Crippen molar-refractivity contribution < 1.29 is 0 Å². The second-order valence-electron chi connectivity index (χ2n) is 34.0. The Balaban J connectivity index is 0.897. The van der Waals surface area contributed by atoms with E-state index in [2.05, 4.69) is 186 Å². The standard InChI is InChI=1S/C100H148S8/c1-5-9-13-17-21-25-29-33-37-41-45-49-53-57-61-79-65-69-89(103-79)99(90-70-66-80(104-90)62-58-54-50-46-42-38-34-30-26-22-18-14-10-6-2)85-77-83-95-88(74-76-101-95)108-98(83)94(85)100(86-78-84-96-87(73-75-102-96)107-97(84)93(86)99,91-71-67-81(105-91)63-59-55-51-47-43-39-35-31-27-23-19-15-11-7-3)92-72-68-82(106-92)64-60-56-52-48-44-40-36-32-28-24-20-16-12-8-4/h65-75,77-78,86H,5-64,76H2,1-4H3. The van der Waals surface area contributed by atoms with Gasteiger partial charge in [-0.25, -0.2) is 0 Å². The van der Waals surface area contributed by atoms with E-state index in [1.54, 1.807) is 80.5 Å². The fourth-order valence-electron chi connectivity index (χ4n) is 19.1. The summed E-state index contributed by atoms with van der Waals surface area (Å²) in [5.74, 6) is 1.25. The molecule has 7 aromatic heterocycles. The summed E-state index contributed by atoms with van der Waals surface area (Å²) in [5.41, 5.74) is 5.77. The van der Waals surface area contributed by atoms with Crippen LogP contribution in [0.4, 0.5) is 0 Å². The van der Waals surface area contributed by atoms with Gasteiger partial charge >= 0.3 is 0 Å². The molecule has 1 atom stereocenters. The van der Waals surface area contributed by atoms with E-state index < -0.39 is 5.41 Å². The van der Waals surface area contributed by atoms with E-state index >= 15 is 0 Å². The maximum absolute atomic E-state index is 2.94. The number of thioether (sulfide) groups is 1. The molecule has 0 N–H and O–H groups in total. The van der Waals surface area contributed by atoms with Gasteiger partial charge in [0, 0.05) is 84.7 Å². The summed E-state index contributed by atoms with van der Waals surface area (Å²) < 4.78 is 7.72. The van der Waals surface area contributed by atoms with Crippen LogP contribution in [0.15, 0.2) is 70.4 Å². The number of fused-ring (bicyclic) bond motifs is 8. The lowest BCUT2D eigenvalue weighted by atomic mass is 9.50. The van der Waals surface area contributed by atoms with Crippen molar-refractivity contribution in [2.45, 2.75) is 429 Å². The van der Waals surface area contributed by atoms with Crippen molar-refractivity contribution in [3.05, 3.63) is 129 Å². The molecule has 108 heavy (non-hydrogen) atoms. The molecule has 0 nitrogen and oxygen atoms in total. The number of hydrogen-bond acceptors (Lipinski definition) is 8. The number of rotatable bonds is 64. The Labute approximate surface area is 693 Å². The molecule has 0 bridgehead atoms. The first kappa shape index (κ1) is 86.6. The third kappa shape index (κ3) is 24.0. The van der Waals surface area contributed by atoms with Gasteiger partial charge in [-0.3, -0.25) is 0 Å². The molecule has 0 saturated heterocycles. The largest absolute Gasteiger partial charge is 0.144 e. The first-order valence-electron chi connectivity index (χ1n) is 46.4. The van der Waals surface area contributed by atoms with Gasteiger partial charge in [0.1, 0.15) is 0 Å². The molecule has 0 spiro atoms. The van der Waals surface area contributed by atoms with Crippen LogP contribution in [0.2, 0.25) is 0 Å². The molecule has 0 aromatic carbocycles. The van der Waals surface area contributed by atoms with Crippen LogP contribution in [0.3, 0.4) is 0 Å². The molecule has 596 valence electrons. The highest BCUT2D eigenvalue weighted by Gasteiger charge is 2.64. The van der Waals surface area contributed by atoms with Crippen molar-refractivity contribution >= 4 is 130 Å². The lowest BCUT2D eigenvalue weighted by molar-refractivity contribution is 0.536. The first-order valence-corrected chi connectivity index (χ1v) is 53.1. The van der Waals surface area contributed by atoms with Gasteiger partial charge in [-0.15, -0.1) is 91.1 Å². The molecule has 1 saturated carbocycles. The van der Waals surface area contributed by atoms with Gasteiger partial charge in [0.05, 0.1) is 15.5 Å². The van der Waals surface area contributed by atoms with Crippen LogP contribution in [0.1, 0.15) is 432 Å². The summed E-state index contributed by atoms with van der Waals surface area (Å²) in [6, 6.07) is 23.9. The van der Waals surface area contributed by atoms with Crippen molar-refractivity contribution in [2.24, 2.45) is 5.92 Å². The molecular formula is C100H148S8. The molecule has 3 aliphatic carbocycles. The average Bonchev–Trinajstić information content (AvgIpc) is 1.46. The lowest BCUT2D eigenvalue weighted by Gasteiger charge is -2.53. The normalized spacial score (nSPS) is 15.4. The Morgan fingerprint density at radius 1 is 0.333 bits per heavy atom. The third-order valence-corrected chi connectivity index (χ3v) is 35.1. The minimum atomic E-state index is -0.420. The molecule has 11 rings (SSSR count). The highest BCUT2D eigenvalue weighted by molar-refractivity contribution is 8.00. The Kier molecular flexibility index (Phi) is 39.2. The number of hydrogen-bond donors (Lipinski definition) is 0. The number of aryl methyl sites for hydroxylation is 4. The van der Waals surface area contributed by atoms with Crippen LogP contribution in [-0.4, -0.2) is 5.75 Å². The molecule has 7 aromatic rings. The first-order chi connectivity index (χ1) is 53.5. The smallest absolute Gasteiger partial charge is 0.0874 e. The van der Waals surface area contributed by atoms with Gasteiger partial charge in [-0.1, -0.05) is 374 Å². The van der Waals surface area contributed by atoms with Gasteiger partial charge in [0.2, 0.25) is 0 Å². The predicted octanol–water partition coefficient (Wildman–Crippen LogP) is 33.0. The van der Waals surface area contributed by atoms with Crippen molar-refractivity contribution in [3.8, 4) is 0 Å². The topological polar surface area (TPSA) is 0 Å². The fourth-order valence-corrected chi connectivity index (χ4v) is 29.5. The van der Waals surface area contributed by atoms with Gasteiger partial charge < -0.3 is 0 Å². The number of unbranched alkanes of at least 4 members (excludes halogenated alkanes) is 52. The molecule has 8 heteroatoms. The Bertz CT molecular complexity index is 3780. The molecule has 1 aliphatic heterocycles. The molecule has 8 heterocycles. The zero-order valence-electron chi connectivity index (χ0n) is 69.0. The van der Waals surface area contributed by atoms with Crippen molar-refractivity contribution in [3.63, 3.8) is 0 Å². The third-order valence-electron chi connectivity index (χ3n) is 25.4. The van der Waals surface area contributed by atoms with E-state index in [-0.39, 0.29) is 11.3 Å². The van der Waals surface area contributed by atoms with Crippen LogP contribution in [-0.2, 0) is 36.5 Å². The monoisotopic (exact) mass is 1600 g/mol. The zero-order valence-corrected chi connectivity index (χ0v) is 75.5. The Morgan fingerprint density at radius 2 is 0.657 bits per heavy atom. The molecular weight excluding hydrogens is 1460 g/mol. The summed E-state index contributed by atoms with van der Waals surface area (Å²) in [6.45, 7) is 9.34. The maximum Gasteiger partial charge on any atom is 0.0874 e. The van der Waals surface area contributed by atoms with Crippen molar-refractivity contribution in [1.82, 2.24) is 0 Å². The van der Waals surface area contributed by atoms with E-state index in [0.717, 1.165) is 5.75 Å². The predicted molar refractivity (Wildman–Crippen MR) is 495 cm³/mol. The number of thiophene rings is 7. The molecule has 4 aliphatic rings. The molecule has 0 amide bonds. The quantitative estimate of drug-likeness (QED) is 0.0343. The van der Waals surface area contributed by atoms with Crippen LogP contribution in [0.25, 0.3) is 38.8 Å².